The van der Waals surface area contributed by atoms with Crippen molar-refractivity contribution in [3.8, 4) is 5.75 Å². The second-order valence-corrected chi connectivity index (χ2v) is 13.8. The number of esters is 1. The van der Waals surface area contributed by atoms with Crippen LogP contribution in [0, 0.1) is 6.92 Å². The molecule has 2 heterocycles. The van der Waals surface area contributed by atoms with E-state index in [1.807, 2.05) is 14.0 Å². The second-order valence-electron chi connectivity index (χ2n) is 12.0. The van der Waals surface area contributed by atoms with Gasteiger partial charge in [-0.1, -0.05) is 29.8 Å². The number of ether oxygens (including phenoxy) is 2. The Morgan fingerprint density at radius 1 is 0.932 bits per heavy atom. The summed E-state index contributed by atoms with van der Waals surface area (Å²) < 4.78 is 40.5. The van der Waals surface area contributed by atoms with E-state index < -0.39 is 40.1 Å². The number of hydrogen-bond acceptors (Lipinski definition) is 9. The minimum absolute atomic E-state index is 0.0701. The van der Waals surface area contributed by atoms with Crippen LogP contribution >= 0.6 is 0 Å². The third kappa shape index (κ3) is 7.59. The third-order valence-corrected chi connectivity index (χ3v) is 10.4. The summed E-state index contributed by atoms with van der Waals surface area (Å²) in [4.78, 5) is 44.2. The lowest BCUT2D eigenvalue weighted by molar-refractivity contribution is -0.156. The van der Waals surface area contributed by atoms with Gasteiger partial charge >= 0.3 is 12.1 Å². The summed E-state index contributed by atoms with van der Waals surface area (Å²) in [6.45, 7) is 5.11. The van der Waals surface area contributed by atoms with Crippen molar-refractivity contribution in [2.45, 2.75) is 75.0 Å². The van der Waals surface area contributed by atoms with Gasteiger partial charge in [-0.05, 0) is 88.9 Å². The topological polar surface area (TPSA) is 126 Å². The number of carbonyl (C=O) groups excluding carboxylic acids is 3. The highest BCUT2D eigenvalue weighted by Gasteiger charge is 2.44. The van der Waals surface area contributed by atoms with Gasteiger partial charge in [-0.3, -0.25) is 4.79 Å². The smallest absolute Gasteiger partial charge is 0.415 e. The molecule has 2 amide bonds. The summed E-state index contributed by atoms with van der Waals surface area (Å²) >= 11 is 0. The Morgan fingerprint density at radius 2 is 1.59 bits per heavy atom. The Morgan fingerprint density at radius 3 is 2.20 bits per heavy atom. The zero-order chi connectivity index (χ0) is 31.3. The summed E-state index contributed by atoms with van der Waals surface area (Å²) in [6, 6.07) is 10.7. The molecule has 3 aliphatic rings. The summed E-state index contributed by atoms with van der Waals surface area (Å²) in [6.07, 6.45) is 3.60. The first-order valence-corrected chi connectivity index (χ1v) is 16.9. The number of nitrogens with one attached hydrogen (secondary N) is 1. The van der Waals surface area contributed by atoms with Crippen molar-refractivity contribution in [1.29, 1.82) is 0 Å². The van der Waals surface area contributed by atoms with Gasteiger partial charge in [-0.2, -0.15) is 0 Å². The van der Waals surface area contributed by atoms with Crippen LogP contribution in [-0.2, 0) is 30.8 Å². The van der Waals surface area contributed by atoms with Crippen LogP contribution in [0.25, 0.3) is 0 Å². The van der Waals surface area contributed by atoms with E-state index in [4.69, 9.17) is 9.47 Å². The van der Waals surface area contributed by atoms with E-state index in [1.165, 1.54) is 12.1 Å². The molecule has 0 radical (unpaired) electrons. The van der Waals surface area contributed by atoms with E-state index >= 15 is 0 Å². The number of piperazine rings is 1. The largest absolute Gasteiger partial charge is 0.461 e. The maximum absolute atomic E-state index is 14.2. The lowest BCUT2D eigenvalue weighted by Gasteiger charge is -2.32. The van der Waals surface area contributed by atoms with Gasteiger partial charge in [0.25, 0.3) is 15.9 Å². The fraction of sp³-hybridized carbons (Fsp3) is 0.531. The molecular weight excluding hydrogens is 584 g/mol. The maximum Gasteiger partial charge on any atom is 0.415 e. The first-order chi connectivity index (χ1) is 21.1. The monoisotopic (exact) mass is 626 g/mol. The number of nitrogens with zero attached hydrogens (tertiary/aromatic N) is 3. The molecule has 44 heavy (non-hydrogen) atoms. The van der Waals surface area contributed by atoms with Gasteiger partial charge in [0.15, 0.2) is 0 Å². The van der Waals surface area contributed by atoms with Crippen molar-refractivity contribution >= 4 is 28.0 Å². The maximum atomic E-state index is 14.2. The average Bonchev–Trinajstić information content (AvgIpc) is 3.73. The average molecular weight is 627 g/mol. The summed E-state index contributed by atoms with van der Waals surface area (Å²) in [5.74, 6) is -1.09. The molecule has 0 spiro atoms. The van der Waals surface area contributed by atoms with Crippen molar-refractivity contribution < 1.29 is 32.3 Å². The molecule has 1 N–H and O–H groups in total. The number of aryl methyl sites for hydroxylation is 1. The number of carbonyl (C=O) groups is 3. The zero-order valence-electron chi connectivity index (χ0n) is 25.4. The number of likely N-dealkylation sites (N-methyl/N-ethyl adjacent to an activating group) is 1. The minimum Gasteiger partial charge on any atom is -0.461 e. The standard InChI is InChI=1S/C32H42N4O7S/c1-23-9-15-27(16-10-23)44(40,41)36(30(37)28-8-5-17-33-28)29(31(38)42-25-6-3-4-7-25)22-24-11-13-26(14-12-24)43-32(39)35-20-18-34(2)19-21-35/h9-16,25,28-29,33H,3-8,17-22H2,1-2H3/t28-,29-/m0/s1. The molecule has 2 aromatic carbocycles. The minimum atomic E-state index is -4.43. The number of amides is 2. The summed E-state index contributed by atoms with van der Waals surface area (Å²) in [5, 5.41) is 3.09. The highest BCUT2D eigenvalue weighted by Crippen LogP contribution is 2.28. The Kier molecular flexibility index (Phi) is 10.2. The van der Waals surface area contributed by atoms with Crippen LogP contribution in [0.15, 0.2) is 53.4 Å². The lowest BCUT2D eigenvalue weighted by atomic mass is 10.0. The van der Waals surface area contributed by atoms with Crippen LogP contribution in [-0.4, -0.2) is 98.5 Å². The molecule has 2 atom stereocenters. The van der Waals surface area contributed by atoms with Crippen LogP contribution in [0.2, 0.25) is 0 Å². The lowest BCUT2D eigenvalue weighted by Crippen LogP contribution is -2.55. The Labute approximate surface area is 259 Å². The molecule has 11 nitrogen and oxygen atoms in total. The van der Waals surface area contributed by atoms with Crippen molar-refractivity contribution in [3.63, 3.8) is 0 Å². The van der Waals surface area contributed by atoms with Gasteiger partial charge in [0.05, 0.1) is 10.9 Å². The van der Waals surface area contributed by atoms with Crippen molar-refractivity contribution in [2.24, 2.45) is 0 Å². The SMILES string of the molecule is Cc1ccc(S(=O)(=O)N(C(=O)[C@@H]2CCCN2)[C@@H](Cc2ccc(OC(=O)N3CCN(C)CC3)cc2)C(=O)OC2CCCC2)cc1. The molecule has 2 aliphatic heterocycles. The molecule has 2 aromatic rings. The van der Waals surface area contributed by atoms with E-state index in [1.54, 1.807) is 41.3 Å². The highest BCUT2D eigenvalue weighted by atomic mass is 32.2. The molecule has 2 saturated heterocycles. The fourth-order valence-corrected chi connectivity index (χ4v) is 7.46. The Balaban J connectivity index is 1.43. The fourth-order valence-electron chi connectivity index (χ4n) is 5.89. The van der Waals surface area contributed by atoms with Gasteiger partial charge in [-0.15, -0.1) is 0 Å². The van der Waals surface area contributed by atoms with Crippen molar-refractivity contribution in [2.75, 3.05) is 39.8 Å². The third-order valence-electron chi connectivity index (χ3n) is 8.61. The van der Waals surface area contributed by atoms with Crippen LogP contribution in [0.4, 0.5) is 4.79 Å². The number of rotatable bonds is 9. The quantitative estimate of drug-likeness (QED) is 0.418. The zero-order valence-corrected chi connectivity index (χ0v) is 26.3. The Bertz CT molecular complexity index is 1410. The molecule has 1 saturated carbocycles. The van der Waals surface area contributed by atoms with Crippen LogP contribution in [0.3, 0.4) is 0 Å². The molecule has 12 heteroatoms. The van der Waals surface area contributed by atoms with E-state index in [0.717, 1.165) is 42.2 Å². The molecule has 238 valence electrons. The predicted molar refractivity (Wildman–Crippen MR) is 164 cm³/mol. The first kappa shape index (κ1) is 31.9. The van der Waals surface area contributed by atoms with E-state index in [-0.39, 0.29) is 17.4 Å². The molecule has 3 fully saturated rings. The number of benzene rings is 2. The van der Waals surface area contributed by atoms with E-state index in [0.29, 0.717) is 50.2 Å². The van der Waals surface area contributed by atoms with Gasteiger partial charge < -0.3 is 24.6 Å². The highest BCUT2D eigenvalue weighted by molar-refractivity contribution is 7.89. The molecular formula is C32H42N4O7S. The second kappa shape index (κ2) is 14.1. The molecule has 5 rings (SSSR count). The van der Waals surface area contributed by atoms with Gasteiger partial charge in [-0.25, -0.2) is 22.3 Å². The number of sulfonamides is 1. The first-order valence-electron chi connectivity index (χ1n) is 15.4. The van der Waals surface area contributed by atoms with Crippen LogP contribution in [0.5, 0.6) is 5.75 Å². The van der Waals surface area contributed by atoms with Gasteiger partial charge in [0.1, 0.15) is 17.9 Å². The van der Waals surface area contributed by atoms with E-state index in [2.05, 4.69) is 10.2 Å². The van der Waals surface area contributed by atoms with Crippen LogP contribution in [0.1, 0.15) is 49.7 Å². The van der Waals surface area contributed by atoms with Crippen LogP contribution < -0.4 is 10.1 Å². The molecule has 0 unspecified atom stereocenters. The van der Waals surface area contributed by atoms with E-state index in [9.17, 15) is 22.8 Å². The Hall–Kier alpha value is -3.48. The normalized spacial score (nSPS) is 20.3. The molecule has 0 aromatic heterocycles. The predicted octanol–water partition coefficient (Wildman–Crippen LogP) is 3.11. The summed E-state index contributed by atoms with van der Waals surface area (Å²) in [7, 11) is -2.43. The van der Waals surface area contributed by atoms with Crippen molar-refractivity contribution in [1.82, 2.24) is 19.4 Å². The number of hydrogen-bond donors (Lipinski definition) is 1. The van der Waals surface area contributed by atoms with Crippen molar-refractivity contribution in [3.05, 3.63) is 59.7 Å². The molecule has 1 aliphatic carbocycles. The van der Waals surface area contributed by atoms with Gasteiger partial charge in [0.2, 0.25) is 0 Å². The molecule has 0 bridgehead atoms. The summed E-state index contributed by atoms with van der Waals surface area (Å²) in [5.41, 5.74) is 1.46. The van der Waals surface area contributed by atoms with Gasteiger partial charge in [0, 0.05) is 32.6 Å².